The van der Waals surface area contributed by atoms with Crippen molar-refractivity contribution in [3.05, 3.63) is 82.9 Å². The number of aryl methyl sites for hydroxylation is 4. The third kappa shape index (κ3) is 6.54. The van der Waals surface area contributed by atoms with Crippen molar-refractivity contribution in [2.24, 2.45) is 0 Å². The standard InChI is InChI=1S/C27H32N2O5S/c1-19-7-11-23(12-8-19)35(31,32)29(24-16-20(2)9-13-25(24)33-5)18-27(30)28-14-15-34-26-17-21(3)6-10-22(26)4/h6-13,16-17H,14-15,18H2,1-5H3,(H,28,30). The predicted molar refractivity (Wildman–Crippen MR) is 138 cm³/mol. The van der Waals surface area contributed by atoms with Crippen molar-refractivity contribution < 1.29 is 22.7 Å². The number of benzene rings is 3. The van der Waals surface area contributed by atoms with Gasteiger partial charge < -0.3 is 14.8 Å². The van der Waals surface area contributed by atoms with E-state index in [1.165, 1.54) is 19.2 Å². The molecule has 3 aromatic rings. The molecule has 3 rings (SSSR count). The van der Waals surface area contributed by atoms with Crippen molar-refractivity contribution in [1.29, 1.82) is 0 Å². The van der Waals surface area contributed by atoms with E-state index in [9.17, 15) is 13.2 Å². The molecular weight excluding hydrogens is 464 g/mol. The number of anilines is 1. The molecule has 0 unspecified atom stereocenters. The average molecular weight is 497 g/mol. The first-order chi connectivity index (χ1) is 16.6. The minimum atomic E-state index is -4.04. The summed E-state index contributed by atoms with van der Waals surface area (Å²) in [5.41, 5.74) is 4.16. The van der Waals surface area contributed by atoms with E-state index in [0.717, 1.165) is 32.3 Å². The molecule has 3 aromatic carbocycles. The molecule has 186 valence electrons. The van der Waals surface area contributed by atoms with Crippen molar-refractivity contribution in [1.82, 2.24) is 5.32 Å². The van der Waals surface area contributed by atoms with Crippen LogP contribution in [-0.2, 0) is 14.8 Å². The third-order valence-electron chi connectivity index (χ3n) is 5.52. The Balaban J connectivity index is 1.79. The molecule has 0 atom stereocenters. The van der Waals surface area contributed by atoms with E-state index in [-0.39, 0.29) is 18.0 Å². The molecule has 0 aliphatic rings. The Morgan fingerprint density at radius 3 is 2.17 bits per heavy atom. The molecule has 1 amide bonds. The van der Waals surface area contributed by atoms with Gasteiger partial charge in [-0.3, -0.25) is 9.10 Å². The van der Waals surface area contributed by atoms with Gasteiger partial charge in [-0.15, -0.1) is 0 Å². The Kier molecular flexibility index (Phi) is 8.40. The number of amides is 1. The molecule has 0 radical (unpaired) electrons. The molecule has 0 aliphatic heterocycles. The van der Waals surface area contributed by atoms with Crippen molar-refractivity contribution in [3.8, 4) is 11.5 Å². The molecule has 7 nitrogen and oxygen atoms in total. The summed E-state index contributed by atoms with van der Waals surface area (Å²) in [6.45, 7) is 7.76. The topological polar surface area (TPSA) is 84.9 Å². The SMILES string of the molecule is COc1ccc(C)cc1N(CC(=O)NCCOc1cc(C)ccc1C)S(=O)(=O)c1ccc(C)cc1. The highest BCUT2D eigenvalue weighted by Gasteiger charge is 2.29. The zero-order valence-corrected chi connectivity index (χ0v) is 21.6. The summed E-state index contributed by atoms with van der Waals surface area (Å²) in [6, 6.07) is 17.7. The lowest BCUT2D eigenvalue weighted by Gasteiger charge is -2.26. The summed E-state index contributed by atoms with van der Waals surface area (Å²) in [6.07, 6.45) is 0. The number of hydrogen-bond donors (Lipinski definition) is 1. The van der Waals surface area contributed by atoms with Crippen LogP contribution in [0.3, 0.4) is 0 Å². The summed E-state index contributed by atoms with van der Waals surface area (Å²) in [4.78, 5) is 13.0. The fourth-order valence-electron chi connectivity index (χ4n) is 3.53. The van der Waals surface area contributed by atoms with Crippen LogP contribution in [0.5, 0.6) is 11.5 Å². The number of carbonyl (C=O) groups excluding carboxylic acids is 1. The number of ether oxygens (including phenoxy) is 2. The molecule has 0 aromatic heterocycles. The van der Waals surface area contributed by atoms with Crippen LogP contribution in [0.2, 0.25) is 0 Å². The largest absolute Gasteiger partial charge is 0.495 e. The van der Waals surface area contributed by atoms with Crippen molar-refractivity contribution in [2.45, 2.75) is 32.6 Å². The maximum absolute atomic E-state index is 13.6. The smallest absolute Gasteiger partial charge is 0.264 e. The number of hydrogen-bond acceptors (Lipinski definition) is 5. The van der Waals surface area contributed by atoms with E-state index >= 15 is 0 Å². The Bertz CT molecular complexity index is 1290. The Morgan fingerprint density at radius 1 is 0.857 bits per heavy atom. The fraction of sp³-hybridized carbons (Fsp3) is 0.296. The summed E-state index contributed by atoms with van der Waals surface area (Å²) in [7, 11) is -2.57. The van der Waals surface area contributed by atoms with Gasteiger partial charge >= 0.3 is 0 Å². The minimum Gasteiger partial charge on any atom is -0.495 e. The van der Waals surface area contributed by atoms with E-state index in [0.29, 0.717) is 11.4 Å². The average Bonchev–Trinajstić information content (AvgIpc) is 2.82. The van der Waals surface area contributed by atoms with Crippen molar-refractivity contribution in [2.75, 3.05) is 31.1 Å². The molecule has 0 aliphatic carbocycles. The number of carbonyl (C=O) groups is 1. The molecule has 0 saturated heterocycles. The maximum Gasteiger partial charge on any atom is 0.264 e. The summed E-state index contributed by atoms with van der Waals surface area (Å²) in [5, 5.41) is 2.76. The molecular formula is C27H32N2O5S. The Labute approximate surface area is 207 Å². The maximum atomic E-state index is 13.6. The van der Waals surface area contributed by atoms with Crippen LogP contribution in [0, 0.1) is 27.7 Å². The second-order valence-corrected chi connectivity index (χ2v) is 10.3. The van der Waals surface area contributed by atoms with E-state index in [1.807, 2.05) is 52.0 Å². The van der Waals surface area contributed by atoms with E-state index in [4.69, 9.17) is 9.47 Å². The summed E-state index contributed by atoms with van der Waals surface area (Å²) in [5.74, 6) is 0.665. The molecule has 0 bridgehead atoms. The highest BCUT2D eigenvalue weighted by atomic mass is 32.2. The van der Waals surface area contributed by atoms with E-state index < -0.39 is 22.5 Å². The highest BCUT2D eigenvalue weighted by molar-refractivity contribution is 7.92. The monoisotopic (exact) mass is 496 g/mol. The summed E-state index contributed by atoms with van der Waals surface area (Å²) >= 11 is 0. The van der Waals surface area contributed by atoms with Crippen molar-refractivity contribution >= 4 is 21.6 Å². The van der Waals surface area contributed by atoms with E-state index in [1.54, 1.807) is 24.3 Å². The lowest BCUT2D eigenvalue weighted by molar-refractivity contribution is -0.119. The lowest BCUT2D eigenvalue weighted by atomic mass is 10.1. The van der Waals surface area contributed by atoms with Crippen LogP contribution in [0.4, 0.5) is 5.69 Å². The van der Waals surface area contributed by atoms with Crippen LogP contribution in [0.25, 0.3) is 0 Å². The number of rotatable bonds is 10. The molecule has 35 heavy (non-hydrogen) atoms. The molecule has 0 spiro atoms. The minimum absolute atomic E-state index is 0.0951. The van der Waals surface area contributed by atoms with Crippen molar-refractivity contribution in [3.63, 3.8) is 0 Å². The second kappa shape index (κ2) is 11.3. The van der Waals surface area contributed by atoms with Gasteiger partial charge in [0.05, 0.1) is 24.2 Å². The predicted octanol–water partition coefficient (Wildman–Crippen LogP) is 4.32. The van der Waals surface area contributed by atoms with Crippen LogP contribution >= 0.6 is 0 Å². The molecule has 1 N–H and O–H groups in total. The van der Waals surface area contributed by atoms with Crippen LogP contribution < -0.4 is 19.1 Å². The van der Waals surface area contributed by atoms with Gasteiger partial charge in [-0.2, -0.15) is 0 Å². The van der Waals surface area contributed by atoms with Crippen LogP contribution in [0.1, 0.15) is 22.3 Å². The lowest BCUT2D eigenvalue weighted by Crippen LogP contribution is -2.42. The first-order valence-corrected chi connectivity index (χ1v) is 12.8. The third-order valence-corrected chi connectivity index (χ3v) is 7.30. The van der Waals surface area contributed by atoms with Gasteiger partial charge in [-0.25, -0.2) is 8.42 Å². The Morgan fingerprint density at radius 2 is 1.49 bits per heavy atom. The normalized spacial score (nSPS) is 11.1. The molecule has 0 heterocycles. The number of methoxy groups -OCH3 is 1. The van der Waals surface area contributed by atoms with Gasteiger partial charge in [0.2, 0.25) is 5.91 Å². The first kappa shape index (κ1) is 26.1. The number of sulfonamides is 1. The second-order valence-electron chi connectivity index (χ2n) is 8.47. The van der Waals surface area contributed by atoms with Gasteiger partial charge in [0.1, 0.15) is 24.7 Å². The van der Waals surface area contributed by atoms with Gasteiger partial charge in [0, 0.05) is 0 Å². The zero-order valence-electron chi connectivity index (χ0n) is 20.8. The van der Waals surface area contributed by atoms with E-state index in [2.05, 4.69) is 5.32 Å². The van der Waals surface area contributed by atoms with Gasteiger partial charge in [0.25, 0.3) is 10.0 Å². The quantitative estimate of drug-likeness (QED) is 0.423. The molecule has 0 saturated carbocycles. The highest BCUT2D eigenvalue weighted by Crippen LogP contribution is 2.33. The van der Waals surface area contributed by atoms with Crippen LogP contribution in [0.15, 0.2) is 65.6 Å². The number of nitrogens with one attached hydrogen (secondary N) is 1. The van der Waals surface area contributed by atoms with Gasteiger partial charge in [-0.1, -0.05) is 35.9 Å². The number of nitrogens with zero attached hydrogens (tertiary/aromatic N) is 1. The van der Waals surface area contributed by atoms with Gasteiger partial charge in [-0.05, 0) is 74.7 Å². The fourth-order valence-corrected chi connectivity index (χ4v) is 4.96. The Hall–Kier alpha value is -3.52. The summed E-state index contributed by atoms with van der Waals surface area (Å²) < 4.78 is 39.5. The first-order valence-electron chi connectivity index (χ1n) is 11.3. The molecule has 0 fully saturated rings. The zero-order chi connectivity index (χ0) is 25.6. The molecule has 8 heteroatoms. The van der Waals surface area contributed by atoms with Crippen LogP contribution in [-0.4, -0.2) is 41.1 Å². The van der Waals surface area contributed by atoms with Gasteiger partial charge in [0.15, 0.2) is 0 Å².